The third kappa shape index (κ3) is 2.91. The molecule has 0 aliphatic carbocycles. The monoisotopic (exact) mass is 256 g/mol. The van der Waals surface area contributed by atoms with Crippen LogP contribution in [0.2, 0.25) is 0 Å². The molecule has 0 amide bonds. The molecule has 0 fully saturated rings. The van der Waals surface area contributed by atoms with Gasteiger partial charge in [0.2, 0.25) is 0 Å². The smallest absolute Gasteiger partial charge is 0.149 e. The highest BCUT2D eigenvalue weighted by Gasteiger charge is 2.12. The third-order valence-electron chi connectivity index (χ3n) is 2.77. The van der Waals surface area contributed by atoms with Gasteiger partial charge in [-0.2, -0.15) is 5.26 Å². The van der Waals surface area contributed by atoms with Crippen LogP contribution in [0.15, 0.2) is 36.4 Å². The van der Waals surface area contributed by atoms with E-state index in [0.717, 1.165) is 17.0 Å². The number of aryl methyl sites for hydroxylation is 2. The maximum absolute atomic E-state index is 9.29. The molecule has 2 rings (SSSR count). The molecule has 18 heavy (non-hydrogen) atoms. The summed E-state index contributed by atoms with van der Waals surface area (Å²) in [5.41, 5.74) is 2.19. The largest absolute Gasteiger partial charge is 0.366 e. The fourth-order valence-corrected chi connectivity index (χ4v) is 2.76. The van der Waals surface area contributed by atoms with E-state index in [2.05, 4.69) is 30.4 Å². The van der Waals surface area contributed by atoms with E-state index in [9.17, 15) is 5.26 Å². The summed E-state index contributed by atoms with van der Waals surface area (Å²) < 4.78 is 0. The third-order valence-corrected chi connectivity index (χ3v) is 4.07. The molecule has 0 saturated carbocycles. The Morgan fingerprint density at radius 3 is 2.78 bits per heavy atom. The zero-order valence-electron chi connectivity index (χ0n) is 10.6. The maximum atomic E-state index is 9.29. The second-order valence-electron chi connectivity index (χ2n) is 4.23. The molecular weight excluding hydrogens is 240 g/mol. The average Bonchev–Trinajstić information content (AvgIpc) is 2.84. The Balaban J connectivity index is 2.17. The highest BCUT2D eigenvalue weighted by Crippen LogP contribution is 2.26. The molecule has 2 nitrogen and oxygen atoms in total. The predicted molar refractivity (Wildman–Crippen MR) is 76.9 cm³/mol. The summed E-state index contributed by atoms with van der Waals surface area (Å²) in [6.45, 7) is 4.18. The molecule has 1 unspecified atom stereocenters. The first-order chi connectivity index (χ1) is 8.72. The van der Waals surface area contributed by atoms with Gasteiger partial charge in [-0.3, -0.25) is 0 Å². The lowest BCUT2D eigenvalue weighted by atomic mass is 10.2. The molecule has 0 aliphatic heterocycles. The lowest BCUT2D eigenvalue weighted by molar-refractivity contribution is 1.03. The number of rotatable bonds is 4. The summed E-state index contributed by atoms with van der Waals surface area (Å²) in [6.07, 6.45) is 1.02. The van der Waals surface area contributed by atoms with Gasteiger partial charge in [0.25, 0.3) is 0 Å². The fourth-order valence-electron chi connectivity index (χ4n) is 1.81. The molecule has 2 aromatic rings. The Bertz CT molecular complexity index is 566. The Kier molecular flexibility index (Phi) is 4.01. The zero-order valence-corrected chi connectivity index (χ0v) is 11.4. The number of hydrogen-bond acceptors (Lipinski definition) is 3. The van der Waals surface area contributed by atoms with E-state index in [1.807, 2.05) is 31.2 Å². The van der Waals surface area contributed by atoms with Gasteiger partial charge in [-0.15, -0.1) is 11.3 Å². The number of anilines is 1. The van der Waals surface area contributed by atoms with Gasteiger partial charge in [0.15, 0.2) is 0 Å². The lowest BCUT2D eigenvalue weighted by Crippen LogP contribution is -2.06. The van der Waals surface area contributed by atoms with Gasteiger partial charge in [-0.1, -0.05) is 19.1 Å². The van der Waals surface area contributed by atoms with Crippen molar-refractivity contribution in [3.8, 4) is 6.07 Å². The second kappa shape index (κ2) is 5.70. The van der Waals surface area contributed by atoms with Gasteiger partial charge in [0.05, 0.1) is 6.07 Å². The van der Waals surface area contributed by atoms with Crippen molar-refractivity contribution in [2.75, 3.05) is 5.32 Å². The zero-order chi connectivity index (χ0) is 13.0. The minimum absolute atomic E-state index is 0.267. The van der Waals surface area contributed by atoms with Crippen molar-refractivity contribution in [2.24, 2.45) is 0 Å². The van der Waals surface area contributed by atoms with Crippen LogP contribution < -0.4 is 5.32 Å². The molecule has 0 bridgehead atoms. The predicted octanol–water partition coefficient (Wildman–Crippen LogP) is 4.30. The Morgan fingerprint density at radius 1 is 1.33 bits per heavy atom. The van der Waals surface area contributed by atoms with Crippen LogP contribution in [-0.4, -0.2) is 0 Å². The number of nitrogens with one attached hydrogen (secondary N) is 1. The van der Waals surface area contributed by atoms with Crippen LogP contribution >= 0.6 is 11.3 Å². The van der Waals surface area contributed by atoms with Crippen molar-refractivity contribution < 1.29 is 0 Å². The Morgan fingerprint density at radius 2 is 2.17 bits per heavy atom. The summed E-state index contributed by atoms with van der Waals surface area (Å²) in [5.74, 6) is 0. The van der Waals surface area contributed by atoms with Crippen molar-refractivity contribution in [3.63, 3.8) is 0 Å². The molecule has 1 heterocycles. The van der Waals surface area contributed by atoms with Crippen molar-refractivity contribution in [2.45, 2.75) is 26.3 Å². The van der Waals surface area contributed by atoms with E-state index in [4.69, 9.17) is 0 Å². The van der Waals surface area contributed by atoms with Crippen LogP contribution in [0.3, 0.4) is 0 Å². The number of thiophene rings is 1. The topological polar surface area (TPSA) is 35.8 Å². The first kappa shape index (κ1) is 12.7. The SMILES string of the molecule is CCc1ccc(C(C#N)Nc2cccc(C)c2)s1. The van der Waals surface area contributed by atoms with Crippen LogP contribution in [-0.2, 0) is 6.42 Å². The van der Waals surface area contributed by atoms with Crippen molar-refractivity contribution in [1.82, 2.24) is 0 Å². The molecule has 0 saturated heterocycles. The minimum Gasteiger partial charge on any atom is -0.366 e. The Labute approximate surface area is 112 Å². The fraction of sp³-hybridized carbons (Fsp3) is 0.267. The van der Waals surface area contributed by atoms with E-state index in [1.165, 1.54) is 10.4 Å². The van der Waals surface area contributed by atoms with Crippen LogP contribution in [0.4, 0.5) is 5.69 Å². The molecule has 0 radical (unpaired) electrons. The first-order valence-corrected chi connectivity index (χ1v) is 6.86. The van der Waals surface area contributed by atoms with Crippen molar-refractivity contribution in [1.29, 1.82) is 5.26 Å². The standard InChI is InChI=1S/C15H16N2S/c1-3-13-7-8-15(18-13)14(10-16)17-12-6-4-5-11(2)9-12/h4-9,14,17H,3H2,1-2H3. The van der Waals surface area contributed by atoms with Crippen LogP contribution in [0.1, 0.15) is 28.3 Å². The highest BCUT2D eigenvalue weighted by molar-refractivity contribution is 7.12. The van der Waals surface area contributed by atoms with Crippen LogP contribution in [0.25, 0.3) is 0 Å². The molecule has 1 atom stereocenters. The van der Waals surface area contributed by atoms with Crippen molar-refractivity contribution >= 4 is 17.0 Å². The molecule has 1 aromatic heterocycles. The quantitative estimate of drug-likeness (QED) is 0.885. The minimum atomic E-state index is -0.267. The highest BCUT2D eigenvalue weighted by atomic mass is 32.1. The molecule has 1 aromatic carbocycles. The van der Waals surface area contributed by atoms with Gasteiger partial charge in [-0.05, 0) is 43.2 Å². The average molecular weight is 256 g/mol. The van der Waals surface area contributed by atoms with Gasteiger partial charge < -0.3 is 5.32 Å². The lowest BCUT2D eigenvalue weighted by Gasteiger charge is -2.11. The maximum Gasteiger partial charge on any atom is 0.149 e. The molecule has 0 spiro atoms. The van der Waals surface area contributed by atoms with Gasteiger partial charge >= 0.3 is 0 Å². The second-order valence-corrected chi connectivity index (χ2v) is 5.43. The van der Waals surface area contributed by atoms with E-state index in [1.54, 1.807) is 11.3 Å². The molecule has 92 valence electrons. The number of nitrogens with zero attached hydrogens (tertiary/aromatic N) is 1. The van der Waals surface area contributed by atoms with Crippen molar-refractivity contribution in [3.05, 3.63) is 51.7 Å². The number of hydrogen-bond donors (Lipinski definition) is 1. The molecular formula is C15H16N2S. The summed E-state index contributed by atoms with van der Waals surface area (Å²) >= 11 is 1.70. The van der Waals surface area contributed by atoms with E-state index >= 15 is 0 Å². The molecule has 1 N–H and O–H groups in total. The van der Waals surface area contributed by atoms with E-state index in [-0.39, 0.29) is 6.04 Å². The summed E-state index contributed by atoms with van der Waals surface area (Å²) in [5, 5.41) is 12.6. The first-order valence-electron chi connectivity index (χ1n) is 6.04. The van der Waals surface area contributed by atoms with E-state index < -0.39 is 0 Å². The van der Waals surface area contributed by atoms with Gasteiger partial charge in [-0.25, -0.2) is 0 Å². The number of benzene rings is 1. The molecule has 0 aliphatic rings. The normalized spacial score (nSPS) is 11.8. The van der Waals surface area contributed by atoms with Crippen LogP contribution in [0.5, 0.6) is 0 Å². The summed E-state index contributed by atoms with van der Waals surface area (Å²) in [4.78, 5) is 2.40. The summed E-state index contributed by atoms with van der Waals surface area (Å²) in [6, 6.07) is 14.3. The Hall–Kier alpha value is -1.79. The summed E-state index contributed by atoms with van der Waals surface area (Å²) in [7, 11) is 0. The number of nitriles is 1. The van der Waals surface area contributed by atoms with E-state index in [0.29, 0.717) is 0 Å². The molecule has 3 heteroatoms. The van der Waals surface area contributed by atoms with Crippen LogP contribution in [0, 0.1) is 18.3 Å². The van der Waals surface area contributed by atoms with Gasteiger partial charge in [0, 0.05) is 15.4 Å². The van der Waals surface area contributed by atoms with Gasteiger partial charge in [0.1, 0.15) is 6.04 Å².